The normalized spacial score (nSPS) is 15.1. The minimum absolute atomic E-state index is 0.0685. The predicted molar refractivity (Wildman–Crippen MR) is 109 cm³/mol. The summed E-state index contributed by atoms with van der Waals surface area (Å²) in [6, 6.07) is 11.6. The van der Waals surface area contributed by atoms with E-state index in [-0.39, 0.29) is 11.7 Å². The maximum atomic E-state index is 12.1. The lowest BCUT2D eigenvalue weighted by atomic mass is 10.2. The number of hydrogen-bond acceptors (Lipinski definition) is 5. The van der Waals surface area contributed by atoms with Crippen LogP contribution in [0, 0.1) is 0 Å². The maximum Gasteiger partial charge on any atom is 0.234 e. The third kappa shape index (κ3) is 5.13. The Morgan fingerprint density at radius 3 is 2.58 bits per heavy atom. The molecule has 0 bridgehead atoms. The third-order valence-corrected chi connectivity index (χ3v) is 5.82. The van der Waals surface area contributed by atoms with Gasteiger partial charge in [-0.1, -0.05) is 30.3 Å². The number of aromatic nitrogens is 1. The number of rotatable bonds is 6. The number of nitrogens with one attached hydrogen (secondary N) is 1. The predicted octanol–water partition coefficient (Wildman–Crippen LogP) is 3.61. The molecular formula is C19H23ClN4OS. The molecular weight excluding hydrogens is 368 g/mol. The van der Waals surface area contributed by atoms with Gasteiger partial charge in [0.25, 0.3) is 0 Å². The summed E-state index contributed by atoms with van der Waals surface area (Å²) in [5, 5.41) is 4.16. The lowest BCUT2D eigenvalue weighted by molar-refractivity contribution is -0.113. The molecule has 5 nitrogen and oxygen atoms in total. The molecule has 1 aromatic carbocycles. The number of likely N-dealkylation sites (N-methyl/N-ethyl adjacent to an activating group) is 1. The topological polar surface area (TPSA) is 48.5 Å². The van der Waals surface area contributed by atoms with E-state index < -0.39 is 0 Å². The van der Waals surface area contributed by atoms with E-state index in [9.17, 15) is 4.79 Å². The minimum Gasteiger partial charge on any atom is -0.369 e. The van der Waals surface area contributed by atoms with Gasteiger partial charge in [0.2, 0.25) is 5.91 Å². The number of halogens is 1. The first-order valence-electron chi connectivity index (χ1n) is 8.76. The molecule has 3 rings (SSSR count). The van der Waals surface area contributed by atoms with Crippen molar-refractivity contribution >= 4 is 40.6 Å². The molecule has 1 saturated heterocycles. The van der Waals surface area contributed by atoms with Gasteiger partial charge in [-0.2, -0.15) is 0 Å². The lowest BCUT2D eigenvalue weighted by Crippen LogP contribution is -2.46. The van der Waals surface area contributed by atoms with Crippen LogP contribution in [-0.2, 0) is 4.79 Å². The van der Waals surface area contributed by atoms with E-state index in [1.54, 1.807) is 18.3 Å². The van der Waals surface area contributed by atoms with Gasteiger partial charge in [-0.25, -0.2) is 4.98 Å². The van der Waals surface area contributed by atoms with Crippen LogP contribution in [0.15, 0.2) is 47.6 Å². The molecule has 2 heterocycles. The highest BCUT2D eigenvalue weighted by Gasteiger charge is 2.15. The molecule has 0 aliphatic carbocycles. The van der Waals surface area contributed by atoms with Crippen molar-refractivity contribution in [2.24, 2.45) is 0 Å². The molecule has 0 radical (unpaired) electrons. The summed E-state index contributed by atoms with van der Waals surface area (Å²) in [5.74, 6) is 0.207. The van der Waals surface area contributed by atoms with Gasteiger partial charge in [0.1, 0.15) is 5.03 Å². The number of anilines is 2. The van der Waals surface area contributed by atoms with Gasteiger partial charge < -0.3 is 15.1 Å². The Kier molecular flexibility index (Phi) is 6.77. The molecule has 1 aliphatic rings. The second kappa shape index (κ2) is 9.26. The fourth-order valence-corrected chi connectivity index (χ4v) is 3.85. The third-order valence-electron chi connectivity index (χ3n) is 4.40. The Labute approximate surface area is 163 Å². The van der Waals surface area contributed by atoms with E-state index >= 15 is 0 Å². The van der Waals surface area contributed by atoms with Crippen molar-refractivity contribution in [2.75, 3.05) is 48.7 Å². The Bertz CT molecular complexity index is 733. The number of amides is 1. The highest BCUT2D eigenvalue weighted by atomic mass is 35.5. The monoisotopic (exact) mass is 390 g/mol. The first-order valence-corrected chi connectivity index (χ1v) is 10.1. The van der Waals surface area contributed by atoms with Crippen LogP contribution in [0.5, 0.6) is 0 Å². The standard InChI is InChI=1S/C19H23ClN4OS/c1-2-23-10-12-24(13-11-23)16-7-5-15(6-8-16)22-18(25)14-26-19-17(20)4-3-9-21-19/h3-9H,2,10-14H2,1H3,(H,22,25). The molecule has 1 aliphatic heterocycles. The van der Waals surface area contributed by atoms with Gasteiger partial charge in [0, 0.05) is 43.8 Å². The van der Waals surface area contributed by atoms with Crippen molar-refractivity contribution in [3.05, 3.63) is 47.6 Å². The number of nitrogens with zero attached hydrogens (tertiary/aromatic N) is 3. The molecule has 1 amide bonds. The molecule has 0 saturated carbocycles. The molecule has 0 unspecified atom stereocenters. The summed E-state index contributed by atoms with van der Waals surface area (Å²) in [6.45, 7) is 7.60. The van der Waals surface area contributed by atoms with Gasteiger partial charge in [-0.05, 0) is 42.9 Å². The van der Waals surface area contributed by atoms with Crippen LogP contribution in [0.3, 0.4) is 0 Å². The average Bonchev–Trinajstić information content (AvgIpc) is 2.68. The Morgan fingerprint density at radius 2 is 1.92 bits per heavy atom. The molecule has 0 spiro atoms. The first kappa shape index (κ1) is 19.0. The second-order valence-electron chi connectivity index (χ2n) is 6.10. The molecule has 1 N–H and O–H groups in total. The summed E-state index contributed by atoms with van der Waals surface area (Å²) < 4.78 is 0. The first-order chi connectivity index (χ1) is 12.7. The Hall–Kier alpha value is -1.76. The van der Waals surface area contributed by atoms with E-state index in [1.165, 1.54) is 17.4 Å². The summed E-state index contributed by atoms with van der Waals surface area (Å²) in [5.41, 5.74) is 2.01. The quantitative estimate of drug-likeness (QED) is 0.763. The van der Waals surface area contributed by atoms with E-state index in [2.05, 4.69) is 39.2 Å². The van der Waals surface area contributed by atoms with Gasteiger partial charge in [-0.3, -0.25) is 4.79 Å². The smallest absolute Gasteiger partial charge is 0.234 e. The largest absolute Gasteiger partial charge is 0.369 e. The van der Waals surface area contributed by atoms with Crippen LogP contribution in [0.2, 0.25) is 5.02 Å². The van der Waals surface area contributed by atoms with Crippen LogP contribution in [0.4, 0.5) is 11.4 Å². The van der Waals surface area contributed by atoms with E-state index in [0.717, 1.165) is 38.4 Å². The number of carbonyl (C=O) groups is 1. The second-order valence-corrected chi connectivity index (χ2v) is 7.47. The summed E-state index contributed by atoms with van der Waals surface area (Å²) in [4.78, 5) is 21.1. The van der Waals surface area contributed by atoms with Crippen LogP contribution >= 0.6 is 23.4 Å². The number of thioether (sulfide) groups is 1. The Morgan fingerprint density at radius 1 is 1.19 bits per heavy atom. The summed E-state index contributed by atoms with van der Waals surface area (Å²) in [7, 11) is 0. The zero-order valence-electron chi connectivity index (χ0n) is 14.8. The fourth-order valence-electron chi connectivity index (χ4n) is 2.89. The molecule has 7 heteroatoms. The zero-order chi connectivity index (χ0) is 18.4. The summed E-state index contributed by atoms with van der Waals surface area (Å²) >= 11 is 7.39. The van der Waals surface area contributed by atoms with Gasteiger partial charge in [0.15, 0.2) is 0 Å². The number of piperazine rings is 1. The summed E-state index contributed by atoms with van der Waals surface area (Å²) in [6.07, 6.45) is 1.67. The van der Waals surface area contributed by atoms with Crippen molar-refractivity contribution in [3.8, 4) is 0 Å². The number of pyridine rings is 1. The average molecular weight is 391 g/mol. The highest BCUT2D eigenvalue weighted by molar-refractivity contribution is 8.00. The highest BCUT2D eigenvalue weighted by Crippen LogP contribution is 2.24. The maximum absolute atomic E-state index is 12.1. The van der Waals surface area contributed by atoms with Crippen LogP contribution in [0.1, 0.15) is 6.92 Å². The SMILES string of the molecule is CCN1CCN(c2ccc(NC(=O)CSc3ncccc3Cl)cc2)CC1. The van der Waals surface area contributed by atoms with E-state index in [0.29, 0.717) is 10.0 Å². The minimum atomic E-state index is -0.0685. The molecule has 138 valence electrons. The van der Waals surface area contributed by atoms with Crippen molar-refractivity contribution in [3.63, 3.8) is 0 Å². The number of carbonyl (C=O) groups excluding carboxylic acids is 1. The molecule has 2 aromatic rings. The fraction of sp³-hybridized carbons (Fsp3) is 0.368. The molecule has 1 aromatic heterocycles. The number of hydrogen-bond donors (Lipinski definition) is 1. The van der Waals surface area contributed by atoms with Crippen LogP contribution in [-0.4, -0.2) is 54.3 Å². The van der Waals surface area contributed by atoms with Crippen molar-refractivity contribution in [2.45, 2.75) is 11.9 Å². The molecule has 1 fully saturated rings. The van der Waals surface area contributed by atoms with Gasteiger partial charge in [0.05, 0.1) is 10.8 Å². The molecule has 26 heavy (non-hydrogen) atoms. The van der Waals surface area contributed by atoms with Gasteiger partial charge >= 0.3 is 0 Å². The number of benzene rings is 1. The molecule has 0 atom stereocenters. The van der Waals surface area contributed by atoms with Crippen molar-refractivity contribution in [1.29, 1.82) is 0 Å². The van der Waals surface area contributed by atoms with Crippen molar-refractivity contribution < 1.29 is 4.79 Å². The van der Waals surface area contributed by atoms with E-state index in [4.69, 9.17) is 11.6 Å². The van der Waals surface area contributed by atoms with Gasteiger partial charge in [-0.15, -0.1) is 0 Å². The van der Waals surface area contributed by atoms with Crippen molar-refractivity contribution in [1.82, 2.24) is 9.88 Å². The lowest BCUT2D eigenvalue weighted by Gasteiger charge is -2.35. The Balaban J connectivity index is 1.49. The van der Waals surface area contributed by atoms with Crippen LogP contribution in [0.25, 0.3) is 0 Å². The zero-order valence-corrected chi connectivity index (χ0v) is 16.4. The van der Waals surface area contributed by atoms with Crippen LogP contribution < -0.4 is 10.2 Å². The van der Waals surface area contributed by atoms with E-state index in [1.807, 2.05) is 12.1 Å².